The lowest BCUT2D eigenvalue weighted by Gasteiger charge is -2.40. The molecule has 1 aromatic carbocycles. The van der Waals surface area contributed by atoms with Gasteiger partial charge in [-0.25, -0.2) is 0 Å². The molecule has 1 heterocycles. The average Bonchev–Trinajstić information content (AvgIpc) is 2.38. The molecule has 2 rings (SSSR count). The van der Waals surface area contributed by atoms with Gasteiger partial charge in [-0.2, -0.15) is 0 Å². The monoisotopic (exact) mass is 308 g/mol. The fourth-order valence-corrected chi connectivity index (χ4v) is 3.11. The van der Waals surface area contributed by atoms with E-state index in [1.54, 1.807) is 0 Å². The third kappa shape index (κ3) is 5.27. The predicted octanol–water partition coefficient (Wildman–Crippen LogP) is 1.86. The third-order valence-electron chi connectivity index (χ3n) is 4.01. The summed E-state index contributed by atoms with van der Waals surface area (Å²) in [5.74, 6) is 0.906. The van der Waals surface area contributed by atoms with Crippen LogP contribution in [0.25, 0.3) is 0 Å². The Morgan fingerprint density at radius 1 is 1.27 bits per heavy atom. The van der Waals surface area contributed by atoms with Crippen LogP contribution in [-0.4, -0.2) is 35.6 Å². The molecule has 0 bridgehead atoms. The standard InChI is InChI=1S/C18H29NO3/c1-14(2)22-16-7-5-15(6-8-16)11-19-13-18(20)9-10-21-17(3,4)12-18/h5-8,14,19-20H,9-13H2,1-4H3/p+1/t18-/m1/s1. The van der Waals surface area contributed by atoms with Gasteiger partial charge in [0.2, 0.25) is 0 Å². The van der Waals surface area contributed by atoms with E-state index in [9.17, 15) is 5.11 Å². The maximum absolute atomic E-state index is 10.7. The molecular weight excluding hydrogens is 278 g/mol. The van der Waals surface area contributed by atoms with Crippen LogP contribution >= 0.6 is 0 Å². The molecule has 0 amide bonds. The molecule has 4 nitrogen and oxygen atoms in total. The van der Waals surface area contributed by atoms with E-state index < -0.39 is 5.60 Å². The minimum Gasteiger partial charge on any atom is -0.491 e. The summed E-state index contributed by atoms with van der Waals surface area (Å²) in [7, 11) is 0. The maximum Gasteiger partial charge on any atom is 0.119 e. The van der Waals surface area contributed by atoms with Crippen LogP contribution in [0.5, 0.6) is 5.75 Å². The van der Waals surface area contributed by atoms with Gasteiger partial charge >= 0.3 is 0 Å². The SMILES string of the molecule is CC(C)Oc1ccc(C[NH2+]C[C@@]2(O)CCOC(C)(C)C2)cc1. The topological polar surface area (TPSA) is 55.3 Å². The lowest BCUT2D eigenvalue weighted by Crippen LogP contribution is -2.87. The fraction of sp³-hybridized carbons (Fsp3) is 0.667. The van der Waals surface area contributed by atoms with Gasteiger partial charge in [-0.1, -0.05) is 0 Å². The van der Waals surface area contributed by atoms with E-state index in [1.165, 1.54) is 5.56 Å². The van der Waals surface area contributed by atoms with E-state index in [0.717, 1.165) is 12.3 Å². The molecule has 4 heteroatoms. The molecule has 0 radical (unpaired) electrons. The number of aliphatic hydroxyl groups is 1. The molecule has 124 valence electrons. The minimum atomic E-state index is -0.623. The van der Waals surface area contributed by atoms with Crippen LogP contribution in [0.15, 0.2) is 24.3 Å². The van der Waals surface area contributed by atoms with E-state index in [2.05, 4.69) is 17.4 Å². The van der Waals surface area contributed by atoms with Gasteiger partial charge < -0.3 is 19.9 Å². The van der Waals surface area contributed by atoms with Crippen molar-refractivity contribution >= 4 is 0 Å². The van der Waals surface area contributed by atoms with Gasteiger partial charge in [-0.05, 0) is 52.0 Å². The Kier molecular flexibility index (Phi) is 5.48. The van der Waals surface area contributed by atoms with Crippen molar-refractivity contribution in [3.63, 3.8) is 0 Å². The molecule has 1 aliphatic heterocycles. The van der Waals surface area contributed by atoms with Gasteiger partial charge in [-0.15, -0.1) is 0 Å². The lowest BCUT2D eigenvalue weighted by atomic mass is 9.84. The summed E-state index contributed by atoms with van der Waals surface area (Å²) in [6, 6.07) is 8.20. The Bertz CT molecular complexity index is 470. The average molecular weight is 308 g/mol. The summed E-state index contributed by atoms with van der Waals surface area (Å²) in [4.78, 5) is 0. The maximum atomic E-state index is 10.7. The smallest absolute Gasteiger partial charge is 0.119 e. The van der Waals surface area contributed by atoms with E-state index in [0.29, 0.717) is 26.0 Å². The van der Waals surface area contributed by atoms with Gasteiger partial charge in [0.05, 0.1) is 18.3 Å². The highest BCUT2D eigenvalue weighted by Gasteiger charge is 2.40. The highest BCUT2D eigenvalue weighted by atomic mass is 16.5. The van der Waals surface area contributed by atoms with Crippen LogP contribution < -0.4 is 10.1 Å². The zero-order valence-electron chi connectivity index (χ0n) is 14.3. The van der Waals surface area contributed by atoms with Gasteiger partial charge in [0, 0.05) is 18.4 Å². The van der Waals surface area contributed by atoms with Crippen molar-refractivity contribution in [2.45, 2.75) is 64.4 Å². The summed E-state index contributed by atoms with van der Waals surface area (Å²) in [6.07, 6.45) is 1.61. The molecule has 0 spiro atoms. The third-order valence-corrected chi connectivity index (χ3v) is 4.01. The largest absolute Gasteiger partial charge is 0.491 e. The number of nitrogens with two attached hydrogens (primary N) is 1. The Hall–Kier alpha value is -1.10. The number of benzene rings is 1. The number of ether oxygens (including phenoxy) is 2. The van der Waals surface area contributed by atoms with Crippen molar-refractivity contribution < 1.29 is 19.9 Å². The first-order valence-electron chi connectivity index (χ1n) is 8.22. The van der Waals surface area contributed by atoms with E-state index in [4.69, 9.17) is 9.47 Å². The van der Waals surface area contributed by atoms with Crippen LogP contribution in [-0.2, 0) is 11.3 Å². The van der Waals surface area contributed by atoms with Crippen molar-refractivity contribution in [2.24, 2.45) is 0 Å². The van der Waals surface area contributed by atoms with Gasteiger partial charge in [0.25, 0.3) is 0 Å². The minimum absolute atomic E-state index is 0.198. The zero-order chi connectivity index (χ0) is 16.2. The molecule has 0 aromatic heterocycles. The Morgan fingerprint density at radius 2 is 1.95 bits per heavy atom. The van der Waals surface area contributed by atoms with Crippen molar-refractivity contribution in [3.05, 3.63) is 29.8 Å². The van der Waals surface area contributed by atoms with Gasteiger partial charge in [0.1, 0.15) is 24.4 Å². The number of rotatable bonds is 6. The Morgan fingerprint density at radius 3 is 2.55 bits per heavy atom. The fourth-order valence-electron chi connectivity index (χ4n) is 3.11. The van der Waals surface area contributed by atoms with Crippen LogP contribution in [0.2, 0.25) is 0 Å². The van der Waals surface area contributed by atoms with Crippen LogP contribution in [0.1, 0.15) is 46.1 Å². The van der Waals surface area contributed by atoms with Gasteiger partial charge in [0.15, 0.2) is 0 Å². The van der Waals surface area contributed by atoms with Crippen LogP contribution in [0, 0.1) is 0 Å². The van der Waals surface area contributed by atoms with Gasteiger partial charge in [-0.3, -0.25) is 0 Å². The molecule has 1 aromatic rings. The summed E-state index contributed by atoms with van der Waals surface area (Å²) in [6.45, 7) is 10.4. The van der Waals surface area contributed by atoms with E-state index >= 15 is 0 Å². The highest BCUT2D eigenvalue weighted by Crippen LogP contribution is 2.30. The molecular formula is C18H30NO3+. The number of quaternary nitrogens is 1. The number of hydrogen-bond acceptors (Lipinski definition) is 3. The van der Waals surface area contributed by atoms with Crippen molar-refractivity contribution in [1.82, 2.24) is 0 Å². The first-order chi connectivity index (χ1) is 10.3. The summed E-state index contributed by atoms with van der Waals surface area (Å²) < 4.78 is 11.3. The molecule has 1 atom stereocenters. The van der Waals surface area contributed by atoms with E-state index in [-0.39, 0.29) is 11.7 Å². The zero-order valence-corrected chi connectivity index (χ0v) is 14.3. The summed E-state index contributed by atoms with van der Waals surface area (Å²) in [5.41, 5.74) is 0.394. The molecule has 0 unspecified atom stereocenters. The lowest BCUT2D eigenvalue weighted by molar-refractivity contribution is -0.683. The van der Waals surface area contributed by atoms with Crippen molar-refractivity contribution in [1.29, 1.82) is 0 Å². The second kappa shape index (κ2) is 6.99. The normalized spacial score (nSPS) is 24.5. The highest BCUT2D eigenvalue weighted by molar-refractivity contribution is 5.26. The molecule has 22 heavy (non-hydrogen) atoms. The predicted molar refractivity (Wildman–Crippen MR) is 86.9 cm³/mol. The summed E-state index contributed by atoms with van der Waals surface area (Å²) >= 11 is 0. The first-order valence-corrected chi connectivity index (χ1v) is 8.22. The quantitative estimate of drug-likeness (QED) is 0.843. The molecule has 1 fully saturated rings. The summed E-state index contributed by atoms with van der Waals surface area (Å²) in [5, 5.41) is 12.9. The molecule has 3 N–H and O–H groups in total. The molecule has 1 saturated heterocycles. The molecule has 1 aliphatic rings. The first kappa shape index (κ1) is 17.3. The van der Waals surface area contributed by atoms with Crippen LogP contribution in [0.3, 0.4) is 0 Å². The second-order valence-electron chi connectivity index (χ2n) is 7.27. The Balaban J connectivity index is 1.80. The van der Waals surface area contributed by atoms with Crippen molar-refractivity contribution in [2.75, 3.05) is 13.2 Å². The second-order valence-corrected chi connectivity index (χ2v) is 7.27. The molecule has 0 aliphatic carbocycles. The van der Waals surface area contributed by atoms with Crippen molar-refractivity contribution in [3.8, 4) is 5.75 Å². The van der Waals surface area contributed by atoms with Crippen LogP contribution in [0.4, 0.5) is 0 Å². The number of hydrogen-bond donors (Lipinski definition) is 2. The molecule has 0 saturated carbocycles. The Labute approximate surface area is 133 Å². The van der Waals surface area contributed by atoms with E-state index in [1.807, 2.05) is 39.8 Å².